The van der Waals surface area contributed by atoms with Gasteiger partial charge in [0.1, 0.15) is 0 Å². The minimum Gasteiger partial charge on any atom is -0.397 e. The molecule has 2 N–H and O–H groups in total. The van der Waals surface area contributed by atoms with Crippen molar-refractivity contribution in [2.75, 3.05) is 17.7 Å². The standard InChI is InChI=1S/C14H12ClN3/c1-18(11-5-2-4-10(8-11)9-16)14-12(15)6-3-7-13(14)17/h2-8H,17H2,1H3. The van der Waals surface area contributed by atoms with Gasteiger partial charge in [0.25, 0.3) is 0 Å². The Kier molecular flexibility index (Phi) is 3.40. The lowest BCUT2D eigenvalue weighted by molar-refractivity contribution is 1.21. The molecule has 0 bridgehead atoms. The molecule has 4 heteroatoms. The zero-order valence-electron chi connectivity index (χ0n) is 9.89. The number of halogens is 1. The highest BCUT2D eigenvalue weighted by molar-refractivity contribution is 6.34. The molecule has 2 aromatic carbocycles. The summed E-state index contributed by atoms with van der Waals surface area (Å²) >= 11 is 6.16. The number of benzene rings is 2. The van der Waals surface area contributed by atoms with E-state index in [2.05, 4.69) is 6.07 Å². The lowest BCUT2D eigenvalue weighted by atomic mass is 10.2. The normalized spacial score (nSPS) is 9.83. The van der Waals surface area contributed by atoms with Crippen LogP contribution in [0.15, 0.2) is 42.5 Å². The molecule has 3 nitrogen and oxygen atoms in total. The van der Waals surface area contributed by atoms with E-state index in [-0.39, 0.29) is 0 Å². The van der Waals surface area contributed by atoms with Crippen LogP contribution in [0.5, 0.6) is 0 Å². The molecule has 0 aliphatic rings. The van der Waals surface area contributed by atoms with Gasteiger partial charge in [-0.15, -0.1) is 0 Å². The lowest BCUT2D eigenvalue weighted by Gasteiger charge is -2.22. The number of nitrogens with two attached hydrogens (primary N) is 1. The predicted molar refractivity (Wildman–Crippen MR) is 75.1 cm³/mol. The Bertz CT molecular complexity index is 596. The van der Waals surface area contributed by atoms with Crippen molar-refractivity contribution in [2.24, 2.45) is 0 Å². The Morgan fingerprint density at radius 3 is 2.61 bits per heavy atom. The SMILES string of the molecule is CN(c1cccc(C#N)c1)c1c(N)cccc1Cl. The van der Waals surface area contributed by atoms with Gasteiger partial charge in [0, 0.05) is 12.7 Å². The molecular weight excluding hydrogens is 246 g/mol. The zero-order chi connectivity index (χ0) is 13.1. The second kappa shape index (κ2) is 4.99. The van der Waals surface area contributed by atoms with Crippen LogP contribution < -0.4 is 10.6 Å². The van der Waals surface area contributed by atoms with E-state index in [1.54, 1.807) is 30.3 Å². The summed E-state index contributed by atoms with van der Waals surface area (Å²) < 4.78 is 0. The van der Waals surface area contributed by atoms with E-state index in [9.17, 15) is 0 Å². The van der Waals surface area contributed by atoms with Gasteiger partial charge in [-0.05, 0) is 30.3 Å². The molecule has 0 aromatic heterocycles. The van der Waals surface area contributed by atoms with Crippen molar-refractivity contribution in [1.29, 1.82) is 5.26 Å². The maximum absolute atomic E-state index is 8.90. The van der Waals surface area contributed by atoms with Crippen LogP contribution in [0.1, 0.15) is 5.56 Å². The Hall–Kier alpha value is -2.18. The first-order valence-electron chi connectivity index (χ1n) is 5.41. The largest absolute Gasteiger partial charge is 0.397 e. The molecule has 0 amide bonds. The van der Waals surface area contributed by atoms with E-state index in [1.165, 1.54) is 0 Å². The fourth-order valence-corrected chi connectivity index (χ4v) is 2.11. The van der Waals surface area contributed by atoms with Gasteiger partial charge in [0.05, 0.1) is 28.0 Å². The van der Waals surface area contributed by atoms with E-state index in [1.807, 2.05) is 24.1 Å². The van der Waals surface area contributed by atoms with E-state index in [4.69, 9.17) is 22.6 Å². The molecule has 0 atom stereocenters. The lowest BCUT2D eigenvalue weighted by Crippen LogP contribution is -2.12. The Balaban J connectivity index is 2.48. The quantitative estimate of drug-likeness (QED) is 0.837. The molecule has 0 saturated carbocycles. The van der Waals surface area contributed by atoms with Gasteiger partial charge >= 0.3 is 0 Å². The van der Waals surface area contributed by atoms with Crippen LogP contribution in [0.25, 0.3) is 0 Å². The summed E-state index contributed by atoms with van der Waals surface area (Å²) in [7, 11) is 1.87. The number of rotatable bonds is 2. The first-order valence-corrected chi connectivity index (χ1v) is 5.79. The van der Waals surface area contributed by atoms with Gasteiger partial charge in [-0.3, -0.25) is 0 Å². The number of nitrogens with zero attached hydrogens (tertiary/aromatic N) is 2. The van der Waals surface area contributed by atoms with Crippen molar-refractivity contribution < 1.29 is 0 Å². The number of hydrogen-bond donors (Lipinski definition) is 1. The van der Waals surface area contributed by atoms with Gasteiger partial charge in [-0.1, -0.05) is 23.7 Å². The van der Waals surface area contributed by atoms with Crippen LogP contribution in [-0.2, 0) is 0 Å². The minimum atomic E-state index is 0.583. The van der Waals surface area contributed by atoms with Gasteiger partial charge < -0.3 is 10.6 Å². The molecule has 18 heavy (non-hydrogen) atoms. The maximum atomic E-state index is 8.90. The molecule has 0 heterocycles. The average molecular weight is 258 g/mol. The summed E-state index contributed by atoms with van der Waals surface area (Å²) in [4.78, 5) is 1.87. The van der Waals surface area contributed by atoms with E-state index in [0.717, 1.165) is 11.4 Å². The summed E-state index contributed by atoms with van der Waals surface area (Å²) in [5.41, 5.74) is 8.76. The smallest absolute Gasteiger partial charge is 0.0992 e. The Labute approximate surface area is 111 Å². The Morgan fingerprint density at radius 2 is 1.94 bits per heavy atom. The first kappa shape index (κ1) is 12.3. The van der Waals surface area contributed by atoms with E-state index in [0.29, 0.717) is 16.3 Å². The van der Waals surface area contributed by atoms with Crippen LogP contribution in [0, 0.1) is 11.3 Å². The van der Waals surface area contributed by atoms with E-state index < -0.39 is 0 Å². The number of hydrogen-bond acceptors (Lipinski definition) is 3. The third-order valence-corrected chi connectivity index (χ3v) is 3.02. The van der Waals surface area contributed by atoms with Crippen LogP contribution >= 0.6 is 11.6 Å². The Morgan fingerprint density at radius 1 is 1.22 bits per heavy atom. The number of para-hydroxylation sites is 1. The topological polar surface area (TPSA) is 53.0 Å². The summed E-state index contributed by atoms with van der Waals surface area (Å²) in [6.07, 6.45) is 0. The molecule has 0 aliphatic heterocycles. The van der Waals surface area contributed by atoms with Crippen LogP contribution in [0.4, 0.5) is 17.1 Å². The molecule has 90 valence electrons. The molecule has 0 spiro atoms. The summed E-state index contributed by atoms with van der Waals surface area (Å²) in [6, 6.07) is 14.8. The van der Waals surface area contributed by atoms with Gasteiger partial charge in [0.2, 0.25) is 0 Å². The van der Waals surface area contributed by atoms with Crippen LogP contribution in [-0.4, -0.2) is 7.05 Å². The van der Waals surface area contributed by atoms with Crippen LogP contribution in [0.3, 0.4) is 0 Å². The predicted octanol–water partition coefficient (Wildman–Crippen LogP) is 3.56. The monoisotopic (exact) mass is 257 g/mol. The molecule has 0 radical (unpaired) electrons. The second-order valence-electron chi connectivity index (χ2n) is 3.90. The van der Waals surface area contributed by atoms with Gasteiger partial charge in [-0.25, -0.2) is 0 Å². The molecule has 0 unspecified atom stereocenters. The molecular formula is C14H12ClN3. The van der Waals surface area contributed by atoms with E-state index >= 15 is 0 Å². The van der Waals surface area contributed by atoms with Crippen molar-refractivity contribution in [3.05, 3.63) is 53.1 Å². The third-order valence-electron chi connectivity index (χ3n) is 2.72. The molecule has 2 rings (SSSR count). The van der Waals surface area contributed by atoms with Crippen molar-refractivity contribution in [2.45, 2.75) is 0 Å². The average Bonchev–Trinajstić information content (AvgIpc) is 2.38. The highest BCUT2D eigenvalue weighted by Gasteiger charge is 2.11. The van der Waals surface area contributed by atoms with Crippen molar-refractivity contribution in [3.8, 4) is 6.07 Å². The highest BCUT2D eigenvalue weighted by atomic mass is 35.5. The molecule has 2 aromatic rings. The second-order valence-corrected chi connectivity index (χ2v) is 4.31. The van der Waals surface area contributed by atoms with Crippen LogP contribution in [0.2, 0.25) is 5.02 Å². The fourth-order valence-electron chi connectivity index (χ4n) is 1.80. The minimum absolute atomic E-state index is 0.583. The van der Waals surface area contributed by atoms with Crippen molar-refractivity contribution >= 4 is 28.7 Å². The third kappa shape index (κ3) is 2.24. The first-order chi connectivity index (χ1) is 8.63. The maximum Gasteiger partial charge on any atom is 0.0992 e. The summed E-state index contributed by atoms with van der Waals surface area (Å²) in [5.74, 6) is 0. The number of anilines is 3. The summed E-state index contributed by atoms with van der Waals surface area (Å²) in [6.45, 7) is 0. The fraction of sp³-hybridized carbons (Fsp3) is 0.0714. The molecule has 0 aliphatic carbocycles. The molecule has 0 fully saturated rings. The number of nitriles is 1. The number of nitrogen functional groups attached to an aromatic ring is 1. The molecule has 0 saturated heterocycles. The van der Waals surface area contributed by atoms with Gasteiger partial charge in [-0.2, -0.15) is 5.26 Å². The van der Waals surface area contributed by atoms with Crippen molar-refractivity contribution in [1.82, 2.24) is 0 Å². The van der Waals surface area contributed by atoms with Crippen molar-refractivity contribution in [3.63, 3.8) is 0 Å². The summed E-state index contributed by atoms with van der Waals surface area (Å²) in [5, 5.41) is 9.49. The zero-order valence-corrected chi connectivity index (χ0v) is 10.6. The highest BCUT2D eigenvalue weighted by Crippen LogP contribution is 2.35. The van der Waals surface area contributed by atoms with Gasteiger partial charge in [0.15, 0.2) is 0 Å².